The maximum absolute atomic E-state index is 0. The fourth-order valence-electron chi connectivity index (χ4n) is 0. The first-order valence-electron chi connectivity index (χ1n) is 0. The second-order valence-corrected chi connectivity index (χ2v) is 0. The van der Waals surface area contributed by atoms with Gasteiger partial charge in [0.1, 0.15) is 0 Å². The summed E-state index contributed by atoms with van der Waals surface area (Å²) < 4.78 is 0. The molecule has 0 aliphatic rings. The minimum atomic E-state index is 0. The predicted molar refractivity (Wildman–Crippen MR) is 40.3 cm³/mol. The van der Waals surface area contributed by atoms with Gasteiger partial charge in [-0.25, -0.2) is 0 Å². The van der Waals surface area contributed by atoms with Crippen LogP contribution in [-0.2, 0) is 0 Å². The van der Waals surface area contributed by atoms with Crippen LogP contribution in [0.2, 0.25) is 0 Å². The van der Waals surface area contributed by atoms with Crippen LogP contribution in [0.25, 0.3) is 0 Å². The highest BCUT2D eigenvalue weighted by Crippen LogP contribution is -0.375. The van der Waals surface area contributed by atoms with E-state index in [2.05, 4.69) is 0 Å². The van der Waals surface area contributed by atoms with Crippen LogP contribution in [0.3, 0.4) is 0 Å². The lowest BCUT2D eigenvalue weighted by molar-refractivity contribution is 5.75. The SMILES string of the molecule is [Si].[Si].[Si].[Si].[Si].[Si].[Si]. The molecule has 0 aromatic rings. The number of hydrogen-bond acceptors (Lipinski definition) is 0. The van der Waals surface area contributed by atoms with E-state index in [-0.39, 0.29) is 76.8 Å². The van der Waals surface area contributed by atoms with Crippen LogP contribution >= 0.6 is 0 Å². The highest BCUT2D eigenvalue weighted by atomic mass is 28.1. The Kier molecular flexibility index (Phi) is 4140. The van der Waals surface area contributed by atoms with Gasteiger partial charge in [-0.15, -0.1) is 0 Å². The summed E-state index contributed by atoms with van der Waals surface area (Å²) in [6.45, 7) is 0. The van der Waals surface area contributed by atoms with Crippen molar-refractivity contribution in [2.75, 3.05) is 0 Å². The zero-order valence-corrected chi connectivity index (χ0v) is 10.5. The summed E-state index contributed by atoms with van der Waals surface area (Å²) in [7, 11) is 0. The first-order valence-corrected chi connectivity index (χ1v) is 0. The van der Waals surface area contributed by atoms with Gasteiger partial charge in [0.15, 0.2) is 0 Å². The molecule has 0 atom stereocenters. The minimum absolute atomic E-state index is 0. The van der Waals surface area contributed by atoms with Crippen molar-refractivity contribution in [2.24, 2.45) is 0 Å². The van der Waals surface area contributed by atoms with Crippen LogP contribution in [0.4, 0.5) is 0 Å². The molecular weight excluding hydrogens is 197 g/mol. The highest BCUT2D eigenvalue weighted by molar-refractivity contribution is 5.76. The molecular formula is Si7. The Bertz CT molecular complexity index is 0. The molecule has 28 radical (unpaired) electrons. The van der Waals surface area contributed by atoms with Gasteiger partial charge in [-0.3, -0.25) is 0 Å². The minimum Gasteiger partial charge on any atom is 0 e. The average molecular weight is 197 g/mol. The Morgan fingerprint density at radius 3 is 0.143 bits per heavy atom. The molecule has 0 unspecified atom stereocenters. The summed E-state index contributed by atoms with van der Waals surface area (Å²) >= 11 is 0. The van der Waals surface area contributed by atoms with Crippen molar-refractivity contribution in [3.8, 4) is 0 Å². The molecule has 0 nitrogen and oxygen atoms in total. The van der Waals surface area contributed by atoms with Gasteiger partial charge in [0.2, 0.25) is 0 Å². The third-order valence-corrected chi connectivity index (χ3v) is 0. The standard InChI is InChI=1S/7Si. The van der Waals surface area contributed by atoms with Gasteiger partial charge >= 0.3 is 0 Å². The van der Waals surface area contributed by atoms with E-state index in [0.29, 0.717) is 0 Å². The van der Waals surface area contributed by atoms with Crippen molar-refractivity contribution < 1.29 is 0 Å². The molecule has 0 aliphatic carbocycles. The molecule has 0 aliphatic heterocycles. The summed E-state index contributed by atoms with van der Waals surface area (Å²) in [6.07, 6.45) is 0. The van der Waals surface area contributed by atoms with E-state index in [0.717, 1.165) is 0 Å². The molecule has 28 valence electrons. The molecule has 7 heteroatoms. The molecule has 0 rings (SSSR count). The van der Waals surface area contributed by atoms with E-state index in [1.54, 1.807) is 0 Å². The third kappa shape index (κ3) is 99.3. The average Bonchev–Trinajstić information content (AvgIpc) is 0. The second kappa shape index (κ2) is 139. The van der Waals surface area contributed by atoms with Gasteiger partial charge < -0.3 is 0 Å². The van der Waals surface area contributed by atoms with Crippen LogP contribution < -0.4 is 0 Å². The van der Waals surface area contributed by atoms with Crippen molar-refractivity contribution in [1.82, 2.24) is 0 Å². The Morgan fingerprint density at radius 2 is 0.143 bits per heavy atom. The Balaban J connectivity index is 0. The molecule has 0 fully saturated rings. The van der Waals surface area contributed by atoms with Crippen LogP contribution in [-0.4, -0.2) is 76.8 Å². The normalized spacial score (nSPS) is 0. The van der Waals surface area contributed by atoms with Crippen LogP contribution in [0.5, 0.6) is 0 Å². The molecule has 0 aromatic carbocycles. The largest absolute Gasteiger partial charge is 0 e. The summed E-state index contributed by atoms with van der Waals surface area (Å²) in [4.78, 5) is 0. The summed E-state index contributed by atoms with van der Waals surface area (Å²) in [5.74, 6) is 0. The monoisotopic (exact) mass is 196 g/mol. The predicted octanol–water partition coefficient (Wildman–Crippen LogP) is -2.67. The topological polar surface area (TPSA) is 0 Å². The lowest BCUT2D eigenvalue weighted by Gasteiger charge is -0.00100. The molecule has 0 spiro atoms. The first kappa shape index (κ1) is 209. The maximum atomic E-state index is 0. The van der Waals surface area contributed by atoms with Gasteiger partial charge in [-0.2, -0.15) is 0 Å². The molecule has 0 bridgehead atoms. The highest BCUT2D eigenvalue weighted by Gasteiger charge is 0.00600. The number of hydrogen-bond donors (Lipinski definition) is 0. The number of rotatable bonds is 0. The van der Waals surface area contributed by atoms with E-state index in [1.807, 2.05) is 0 Å². The van der Waals surface area contributed by atoms with E-state index in [1.165, 1.54) is 0 Å². The van der Waals surface area contributed by atoms with Crippen molar-refractivity contribution in [1.29, 1.82) is 0 Å². The van der Waals surface area contributed by atoms with E-state index in [9.17, 15) is 0 Å². The maximum Gasteiger partial charge on any atom is 0 e. The van der Waals surface area contributed by atoms with Crippen molar-refractivity contribution >= 4 is 76.8 Å². The van der Waals surface area contributed by atoms with Crippen LogP contribution in [0.15, 0.2) is 0 Å². The summed E-state index contributed by atoms with van der Waals surface area (Å²) in [6, 6.07) is 0. The van der Waals surface area contributed by atoms with Gasteiger partial charge in [0.25, 0.3) is 0 Å². The molecule has 0 heterocycles. The zero-order chi connectivity index (χ0) is 0. The van der Waals surface area contributed by atoms with Gasteiger partial charge in [-0.05, 0) is 0 Å². The van der Waals surface area contributed by atoms with Crippen LogP contribution in [0, 0.1) is 0 Å². The fourth-order valence-corrected chi connectivity index (χ4v) is 0. The third-order valence-electron chi connectivity index (χ3n) is 0. The Labute approximate surface area is 76.8 Å². The Morgan fingerprint density at radius 1 is 0.143 bits per heavy atom. The molecule has 7 heavy (non-hydrogen) atoms. The van der Waals surface area contributed by atoms with Crippen molar-refractivity contribution in [3.05, 3.63) is 0 Å². The van der Waals surface area contributed by atoms with Crippen molar-refractivity contribution in [2.45, 2.75) is 0 Å². The second-order valence-electron chi connectivity index (χ2n) is 0. The molecule has 0 saturated carbocycles. The molecule has 0 aromatic heterocycles. The quantitative estimate of drug-likeness (QED) is 0.371. The lowest BCUT2D eigenvalue weighted by atomic mass is 28.1. The zero-order valence-electron chi connectivity index (χ0n) is 3.50. The molecule has 0 amide bonds. The fraction of sp³-hybridized carbons (Fsp3) is 0. The van der Waals surface area contributed by atoms with Gasteiger partial charge in [0, 0.05) is 76.8 Å². The van der Waals surface area contributed by atoms with Crippen LogP contribution in [0.1, 0.15) is 0 Å². The molecule has 0 N–H and O–H groups in total. The first-order chi connectivity index (χ1) is 0. The summed E-state index contributed by atoms with van der Waals surface area (Å²) in [5.41, 5.74) is 0. The smallest absolute Gasteiger partial charge is 0 e. The molecule has 0 saturated heterocycles. The van der Waals surface area contributed by atoms with E-state index < -0.39 is 0 Å². The Hall–Kier alpha value is 1.52. The van der Waals surface area contributed by atoms with Crippen molar-refractivity contribution in [3.63, 3.8) is 0 Å². The lowest BCUT2D eigenvalue weighted by Crippen LogP contribution is -0.382. The van der Waals surface area contributed by atoms with E-state index >= 15 is 0 Å². The van der Waals surface area contributed by atoms with Gasteiger partial charge in [-0.1, -0.05) is 0 Å². The van der Waals surface area contributed by atoms with E-state index in [4.69, 9.17) is 0 Å². The van der Waals surface area contributed by atoms with Gasteiger partial charge in [0.05, 0.1) is 0 Å². The summed E-state index contributed by atoms with van der Waals surface area (Å²) in [5, 5.41) is 0.